The number of aliphatic hydroxyl groups excluding tert-OH is 1. The van der Waals surface area contributed by atoms with E-state index in [4.69, 9.17) is 16.3 Å². The molecule has 2 aromatic rings. The second-order valence-corrected chi connectivity index (χ2v) is 6.26. The number of aryl methyl sites for hydroxylation is 1. The van der Waals surface area contributed by atoms with Gasteiger partial charge in [-0.3, -0.25) is 4.79 Å². The zero-order valence-electron chi connectivity index (χ0n) is 14.1. The summed E-state index contributed by atoms with van der Waals surface area (Å²) in [7, 11) is 3.37. The minimum Gasteiger partial charge on any atom is -0.496 e. The average molecular weight is 348 g/mol. The van der Waals surface area contributed by atoms with Gasteiger partial charge in [-0.25, -0.2) is 0 Å². The second-order valence-electron chi connectivity index (χ2n) is 5.83. The number of aliphatic hydroxyl groups is 1. The molecule has 0 aliphatic carbocycles. The van der Waals surface area contributed by atoms with E-state index in [9.17, 15) is 9.90 Å². The summed E-state index contributed by atoms with van der Waals surface area (Å²) in [6, 6.07) is 12.7. The first-order valence-electron chi connectivity index (χ1n) is 7.71. The van der Waals surface area contributed by atoms with Crippen LogP contribution in [-0.2, 0) is 11.3 Å². The first-order valence-corrected chi connectivity index (χ1v) is 8.09. The van der Waals surface area contributed by atoms with Crippen molar-refractivity contribution in [2.75, 3.05) is 14.2 Å². The maximum Gasteiger partial charge on any atom is 0.225 e. The number of halogens is 1. The molecular weight excluding hydrogens is 326 g/mol. The fourth-order valence-electron chi connectivity index (χ4n) is 2.52. The Morgan fingerprint density at radius 1 is 1.25 bits per heavy atom. The van der Waals surface area contributed by atoms with Crippen LogP contribution in [0.3, 0.4) is 0 Å². The Kier molecular flexibility index (Phi) is 6.23. The van der Waals surface area contributed by atoms with Gasteiger partial charge in [0.05, 0.1) is 19.6 Å². The van der Waals surface area contributed by atoms with Gasteiger partial charge in [-0.2, -0.15) is 0 Å². The highest BCUT2D eigenvalue weighted by atomic mass is 35.5. The van der Waals surface area contributed by atoms with Gasteiger partial charge >= 0.3 is 0 Å². The fraction of sp³-hybridized carbons (Fsp3) is 0.316. The maximum atomic E-state index is 12.3. The summed E-state index contributed by atoms with van der Waals surface area (Å²) in [4.78, 5) is 13.9. The van der Waals surface area contributed by atoms with Gasteiger partial charge in [0.1, 0.15) is 5.75 Å². The molecule has 0 aliphatic rings. The maximum absolute atomic E-state index is 12.3. The van der Waals surface area contributed by atoms with E-state index in [1.54, 1.807) is 43.3 Å². The van der Waals surface area contributed by atoms with Crippen LogP contribution in [0, 0.1) is 6.92 Å². The topological polar surface area (TPSA) is 49.8 Å². The number of nitrogens with zero attached hydrogens (tertiary/aromatic N) is 1. The number of amides is 1. The molecule has 0 radical (unpaired) electrons. The predicted octanol–water partition coefficient (Wildman–Crippen LogP) is 3.74. The van der Waals surface area contributed by atoms with E-state index in [0.717, 1.165) is 16.9 Å². The molecule has 5 heteroatoms. The molecular formula is C19H22ClNO3. The number of benzene rings is 2. The average Bonchev–Trinajstić information content (AvgIpc) is 2.55. The van der Waals surface area contributed by atoms with E-state index >= 15 is 0 Å². The van der Waals surface area contributed by atoms with Crippen molar-refractivity contribution in [3.63, 3.8) is 0 Å². The lowest BCUT2D eigenvalue weighted by atomic mass is 10.1. The molecule has 0 saturated heterocycles. The van der Waals surface area contributed by atoms with Crippen LogP contribution in [0.4, 0.5) is 0 Å². The molecule has 0 bridgehead atoms. The van der Waals surface area contributed by atoms with Crippen LogP contribution < -0.4 is 4.74 Å². The normalized spacial score (nSPS) is 11.9. The molecule has 24 heavy (non-hydrogen) atoms. The molecule has 1 amide bonds. The minimum atomic E-state index is -0.838. The molecule has 1 atom stereocenters. The molecule has 0 fully saturated rings. The third-order valence-corrected chi connectivity index (χ3v) is 4.18. The van der Waals surface area contributed by atoms with Gasteiger partial charge in [-0.15, -0.1) is 0 Å². The number of hydrogen-bond donors (Lipinski definition) is 1. The van der Waals surface area contributed by atoms with Gasteiger partial charge in [-0.1, -0.05) is 35.9 Å². The molecule has 1 unspecified atom stereocenters. The monoisotopic (exact) mass is 347 g/mol. The van der Waals surface area contributed by atoms with Crippen LogP contribution in [-0.4, -0.2) is 30.1 Å². The first-order chi connectivity index (χ1) is 11.4. The Labute approximate surface area is 147 Å². The first kappa shape index (κ1) is 18.3. The summed E-state index contributed by atoms with van der Waals surface area (Å²) in [6.07, 6.45) is -0.803. The SMILES string of the molecule is COc1ccc(CN(C)C(=O)CC(O)c2ccc(Cl)cc2)cc1C. The smallest absolute Gasteiger partial charge is 0.225 e. The lowest BCUT2D eigenvalue weighted by molar-refractivity contribution is -0.132. The molecule has 0 aromatic heterocycles. The van der Waals surface area contributed by atoms with Gasteiger partial charge in [0.15, 0.2) is 0 Å². The molecule has 4 nitrogen and oxygen atoms in total. The van der Waals surface area contributed by atoms with Gasteiger partial charge in [0.2, 0.25) is 5.91 Å². The molecule has 0 heterocycles. The Morgan fingerprint density at radius 2 is 1.92 bits per heavy atom. The van der Waals surface area contributed by atoms with Gasteiger partial charge in [-0.05, 0) is 41.8 Å². The van der Waals surface area contributed by atoms with E-state index in [0.29, 0.717) is 17.1 Å². The molecule has 0 spiro atoms. The molecule has 0 saturated carbocycles. The van der Waals surface area contributed by atoms with Crippen LogP contribution in [0.1, 0.15) is 29.2 Å². The lowest BCUT2D eigenvalue weighted by Gasteiger charge is -2.20. The predicted molar refractivity (Wildman–Crippen MR) is 95.2 cm³/mol. The Morgan fingerprint density at radius 3 is 2.50 bits per heavy atom. The van der Waals surface area contributed by atoms with Crippen LogP contribution >= 0.6 is 11.6 Å². The van der Waals surface area contributed by atoms with Crippen LogP contribution in [0.5, 0.6) is 5.75 Å². The van der Waals surface area contributed by atoms with Crippen molar-refractivity contribution in [3.8, 4) is 5.75 Å². The number of carbonyl (C=O) groups excluding carboxylic acids is 1. The van der Waals surface area contributed by atoms with Gasteiger partial charge < -0.3 is 14.7 Å². The zero-order valence-corrected chi connectivity index (χ0v) is 14.9. The molecule has 1 N–H and O–H groups in total. The molecule has 2 rings (SSSR count). The van der Waals surface area contributed by atoms with Crippen LogP contribution in [0.25, 0.3) is 0 Å². The highest BCUT2D eigenvalue weighted by Crippen LogP contribution is 2.22. The Hall–Kier alpha value is -2.04. The zero-order chi connectivity index (χ0) is 17.7. The number of rotatable bonds is 6. The summed E-state index contributed by atoms with van der Waals surface area (Å²) in [5.74, 6) is 0.705. The van der Waals surface area contributed by atoms with E-state index in [2.05, 4.69) is 0 Å². The summed E-state index contributed by atoms with van der Waals surface area (Å²) in [5, 5.41) is 10.8. The van der Waals surface area contributed by atoms with E-state index in [1.807, 2.05) is 25.1 Å². The summed E-state index contributed by atoms with van der Waals surface area (Å²) in [6.45, 7) is 2.45. The summed E-state index contributed by atoms with van der Waals surface area (Å²) < 4.78 is 5.24. The van der Waals surface area contributed by atoms with Crippen molar-refractivity contribution in [2.24, 2.45) is 0 Å². The van der Waals surface area contributed by atoms with Crippen molar-refractivity contribution in [3.05, 3.63) is 64.2 Å². The van der Waals surface area contributed by atoms with Crippen molar-refractivity contribution >= 4 is 17.5 Å². The van der Waals surface area contributed by atoms with Crippen LogP contribution in [0.2, 0.25) is 5.02 Å². The largest absolute Gasteiger partial charge is 0.496 e. The van der Waals surface area contributed by atoms with E-state index in [1.165, 1.54) is 0 Å². The van der Waals surface area contributed by atoms with Crippen molar-refractivity contribution in [2.45, 2.75) is 26.0 Å². The molecule has 2 aromatic carbocycles. The standard InChI is InChI=1S/C19H22ClNO3/c1-13-10-14(4-9-18(13)24-3)12-21(2)19(23)11-17(22)15-5-7-16(20)8-6-15/h4-10,17,22H,11-12H2,1-3H3. The minimum absolute atomic E-state index is 0.0350. The van der Waals surface area contributed by atoms with E-state index < -0.39 is 6.10 Å². The summed E-state index contributed by atoms with van der Waals surface area (Å²) in [5.41, 5.74) is 2.73. The number of carbonyl (C=O) groups is 1. The highest BCUT2D eigenvalue weighted by molar-refractivity contribution is 6.30. The lowest BCUT2D eigenvalue weighted by Crippen LogP contribution is -2.27. The number of methoxy groups -OCH3 is 1. The fourth-order valence-corrected chi connectivity index (χ4v) is 2.65. The quantitative estimate of drug-likeness (QED) is 0.866. The van der Waals surface area contributed by atoms with E-state index in [-0.39, 0.29) is 12.3 Å². The Balaban J connectivity index is 1.96. The Bertz CT molecular complexity index is 700. The van der Waals surface area contributed by atoms with Crippen molar-refractivity contribution in [1.82, 2.24) is 4.90 Å². The third-order valence-electron chi connectivity index (χ3n) is 3.93. The number of hydrogen-bond acceptors (Lipinski definition) is 3. The van der Waals surface area contributed by atoms with Crippen molar-refractivity contribution in [1.29, 1.82) is 0 Å². The van der Waals surface area contributed by atoms with Gasteiger partial charge in [0.25, 0.3) is 0 Å². The van der Waals surface area contributed by atoms with Crippen molar-refractivity contribution < 1.29 is 14.6 Å². The molecule has 0 aliphatic heterocycles. The highest BCUT2D eigenvalue weighted by Gasteiger charge is 2.17. The summed E-state index contributed by atoms with van der Waals surface area (Å²) >= 11 is 5.83. The molecule has 128 valence electrons. The van der Waals surface area contributed by atoms with Gasteiger partial charge in [0, 0.05) is 18.6 Å². The number of ether oxygens (including phenoxy) is 1. The third kappa shape index (κ3) is 4.73. The second kappa shape index (κ2) is 8.18. The van der Waals surface area contributed by atoms with Crippen LogP contribution in [0.15, 0.2) is 42.5 Å².